The van der Waals surface area contributed by atoms with E-state index < -0.39 is 0 Å². The lowest BCUT2D eigenvalue weighted by Gasteiger charge is -2.13. The fourth-order valence-electron chi connectivity index (χ4n) is 2.12. The van der Waals surface area contributed by atoms with Crippen molar-refractivity contribution in [3.63, 3.8) is 0 Å². The second-order valence-corrected chi connectivity index (χ2v) is 4.61. The predicted octanol–water partition coefficient (Wildman–Crippen LogP) is 0.535. The van der Waals surface area contributed by atoms with Crippen molar-refractivity contribution in [3.05, 3.63) is 29.3 Å². The van der Waals surface area contributed by atoms with Crippen LogP contribution < -0.4 is 11.1 Å². The van der Waals surface area contributed by atoms with Crippen LogP contribution in [0.1, 0.15) is 34.7 Å². The van der Waals surface area contributed by atoms with Crippen LogP contribution in [0.2, 0.25) is 0 Å². The number of carbonyl (C=O) groups excluding carboxylic acids is 1. The fraction of sp³-hybridized carbons (Fsp3) is 0.417. The van der Waals surface area contributed by atoms with Crippen molar-refractivity contribution < 1.29 is 4.79 Å². The molecule has 0 radical (unpaired) electrons. The summed E-state index contributed by atoms with van der Waals surface area (Å²) >= 11 is 0. The molecule has 2 aromatic heterocycles. The van der Waals surface area contributed by atoms with E-state index in [1.54, 1.807) is 11.7 Å². The molecule has 1 unspecified atom stereocenters. The number of anilines is 1. The molecule has 0 aliphatic heterocycles. The molecule has 2 aromatic rings. The number of nitrogens with two attached hydrogens (primary N) is 1. The van der Waals surface area contributed by atoms with Gasteiger partial charge >= 0.3 is 0 Å². The van der Waals surface area contributed by atoms with Gasteiger partial charge in [0.25, 0.3) is 5.91 Å². The Morgan fingerprint density at radius 3 is 2.63 bits per heavy atom. The van der Waals surface area contributed by atoms with E-state index in [2.05, 4.69) is 15.5 Å². The molecule has 102 valence electrons. The van der Waals surface area contributed by atoms with Crippen molar-refractivity contribution in [1.82, 2.24) is 24.9 Å². The molecule has 1 amide bonds. The topological polar surface area (TPSA) is 90.8 Å². The van der Waals surface area contributed by atoms with Crippen molar-refractivity contribution in [2.24, 2.45) is 14.1 Å². The summed E-state index contributed by atoms with van der Waals surface area (Å²) < 4.78 is 3.19. The van der Waals surface area contributed by atoms with Gasteiger partial charge in [-0.25, -0.2) is 0 Å². The van der Waals surface area contributed by atoms with Crippen LogP contribution >= 0.6 is 0 Å². The summed E-state index contributed by atoms with van der Waals surface area (Å²) in [6, 6.07) is -0.143. The highest BCUT2D eigenvalue weighted by Crippen LogP contribution is 2.17. The third-order valence-electron chi connectivity index (χ3n) is 3.05. The Bertz CT molecular complexity index is 592. The average Bonchev–Trinajstić information content (AvgIpc) is 2.81. The molecule has 2 rings (SSSR count). The Kier molecular flexibility index (Phi) is 3.28. The van der Waals surface area contributed by atoms with Crippen LogP contribution in [-0.2, 0) is 14.1 Å². The lowest BCUT2D eigenvalue weighted by Crippen LogP contribution is -2.29. The van der Waals surface area contributed by atoms with E-state index in [0.717, 1.165) is 11.3 Å². The molecule has 3 N–H and O–H groups in total. The second kappa shape index (κ2) is 4.75. The van der Waals surface area contributed by atoms with Gasteiger partial charge in [0.15, 0.2) is 0 Å². The van der Waals surface area contributed by atoms with Gasteiger partial charge in [-0.05, 0) is 13.8 Å². The Morgan fingerprint density at radius 2 is 2.16 bits per heavy atom. The number of aromatic nitrogens is 4. The van der Waals surface area contributed by atoms with Gasteiger partial charge < -0.3 is 11.1 Å². The number of rotatable bonds is 3. The van der Waals surface area contributed by atoms with E-state index in [1.165, 1.54) is 10.9 Å². The lowest BCUT2D eigenvalue weighted by atomic mass is 10.1. The minimum absolute atomic E-state index is 0.143. The quantitative estimate of drug-likeness (QED) is 0.844. The minimum Gasteiger partial charge on any atom is -0.396 e. The molecule has 0 aliphatic rings. The van der Waals surface area contributed by atoms with Gasteiger partial charge in [-0.3, -0.25) is 14.2 Å². The van der Waals surface area contributed by atoms with Crippen LogP contribution in [0.4, 0.5) is 5.69 Å². The van der Waals surface area contributed by atoms with Crippen LogP contribution in [0.15, 0.2) is 12.4 Å². The SMILES string of the molecule is Cc1nn(C)cc1C(C)NC(=O)c1c(N)cnn1C. The van der Waals surface area contributed by atoms with Gasteiger partial charge in [-0.2, -0.15) is 10.2 Å². The Balaban J connectivity index is 2.18. The Morgan fingerprint density at radius 1 is 1.47 bits per heavy atom. The van der Waals surface area contributed by atoms with E-state index >= 15 is 0 Å². The van der Waals surface area contributed by atoms with Gasteiger partial charge in [0, 0.05) is 25.9 Å². The summed E-state index contributed by atoms with van der Waals surface area (Å²) in [5, 5.41) is 11.1. The molecule has 0 fully saturated rings. The van der Waals surface area contributed by atoms with Crippen LogP contribution in [0, 0.1) is 6.92 Å². The second-order valence-electron chi connectivity index (χ2n) is 4.61. The molecule has 7 heteroatoms. The lowest BCUT2D eigenvalue weighted by molar-refractivity contribution is 0.0931. The number of aryl methyl sites for hydroxylation is 3. The summed E-state index contributed by atoms with van der Waals surface area (Å²) in [7, 11) is 3.54. The van der Waals surface area contributed by atoms with Crippen LogP contribution in [0.5, 0.6) is 0 Å². The molecule has 0 spiro atoms. The summed E-state index contributed by atoms with van der Waals surface area (Å²) in [5.41, 5.74) is 8.35. The third kappa shape index (κ3) is 2.44. The maximum absolute atomic E-state index is 12.2. The van der Waals surface area contributed by atoms with Gasteiger partial charge in [-0.15, -0.1) is 0 Å². The number of carbonyl (C=O) groups is 1. The highest BCUT2D eigenvalue weighted by molar-refractivity contribution is 5.97. The van der Waals surface area contributed by atoms with E-state index in [1.807, 2.05) is 27.1 Å². The van der Waals surface area contributed by atoms with Crippen LogP contribution in [0.25, 0.3) is 0 Å². The standard InChI is InChI=1S/C12H18N6O/c1-7(9-6-17(3)16-8(9)2)15-12(19)11-10(13)5-14-18(11)4/h5-7H,13H2,1-4H3,(H,15,19). The number of hydrogen-bond acceptors (Lipinski definition) is 4. The first-order valence-electron chi connectivity index (χ1n) is 5.98. The van der Waals surface area contributed by atoms with Crippen LogP contribution in [-0.4, -0.2) is 25.5 Å². The van der Waals surface area contributed by atoms with Crippen molar-refractivity contribution in [3.8, 4) is 0 Å². The minimum atomic E-state index is -0.242. The van der Waals surface area contributed by atoms with Crippen molar-refractivity contribution >= 4 is 11.6 Å². The maximum Gasteiger partial charge on any atom is 0.272 e. The fourth-order valence-corrected chi connectivity index (χ4v) is 2.12. The predicted molar refractivity (Wildman–Crippen MR) is 71.4 cm³/mol. The van der Waals surface area contributed by atoms with Gasteiger partial charge in [0.1, 0.15) is 5.69 Å². The molecule has 0 saturated heterocycles. The molecular formula is C12H18N6O. The molecule has 19 heavy (non-hydrogen) atoms. The molecule has 7 nitrogen and oxygen atoms in total. The first kappa shape index (κ1) is 13.1. The smallest absolute Gasteiger partial charge is 0.272 e. The molecule has 1 atom stereocenters. The molecule has 0 aliphatic carbocycles. The largest absolute Gasteiger partial charge is 0.396 e. The highest BCUT2D eigenvalue weighted by Gasteiger charge is 2.19. The molecular weight excluding hydrogens is 244 g/mol. The van der Waals surface area contributed by atoms with E-state index in [9.17, 15) is 4.79 Å². The normalized spacial score (nSPS) is 12.4. The van der Waals surface area contributed by atoms with E-state index in [-0.39, 0.29) is 11.9 Å². The number of amides is 1. The summed E-state index contributed by atoms with van der Waals surface area (Å²) in [4.78, 5) is 12.2. The zero-order valence-corrected chi connectivity index (χ0v) is 11.5. The zero-order chi connectivity index (χ0) is 14.2. The summed E-state index contributed by atoms with van der Waals surface area (Å²) in [6.07, 6.45) is 3.36. The number of nitrogens with zero attached hydrogens (tertiary/aromatic N) is 4. The van der Waals surface area contributed by atoms with Crippen molar-refractivity contribution in [2.45, 2.75) is 19.9 Å². The number of hydrogen-bond donors (Lipinski definition) is 2. The first-order valence-corrected chi connectivity index (χ1v) is 5.98. The third-order valence-corrected chi connectivity index (χ3v) is 3.05. The van der Waals surface area contributed by atoms with E-state index in [4.69, 9.17) is 5.73 Å². The Labute approximate surface area is 111 Å². The van der Waals surface area contributed by atoms with Gasteiger partial charge in [0.05, 0.1) is 23.6 Å². The molecule has 2 heterocycles. The van der Waals surface area contributed by atoms with Crippen molar-refractivity contribution in [1.29, 1.82) is 0 Å². The Hall–Kier alpha value is -2.31. The van der Waals surface area contributed by atoms with Gasteiger partial charge in [-0.1, -0.05) is 0 Å². The molecule has 0 aromatic carbocycles. The van der Waals surface area contributed by atoms with E-state index in [0.29, 0.717) is 11.4 Å². The number of nitrogen functional groups attached to an aromatic ring is 1. The monoisotopic (exact) mass is 262 g/mol. The summed E-state index contributed by atoms with van der Waals surface area (Å²) in [5.74, 6) is -0.242. The zero-order valence-electron chi connectivity index (χ0n) is 11.5. The molecule has 0 bridgehead atoms. The van der Waals surface area contributed by atoms with Gasteiger partial charge in [0.2, 0.25) is 0 Å². The maximum atomic E-state index is 12.2. The number of nitrogens with one attached hydrogen (secondary N) is 1. The first-order chi connectivity index (χ1) is 8.90. The van der Waals surface area contributed by atoms with Crippen LogP contribution in [0.3, 0.4) is 0 Å². The molecule has 0 saturated carbocycles. The summed E-state index contributed by atoms with van der Waals surface area (Å²) in [6.45, 7) is 3.82. The average molecular weight is 262 g/mol. The highest BCUT2D eigenvalue weighted by atomic mass is 16.2. The van der Waals surface area contributed by atoms with Crippen molar-refractivity contribution in [2.75, 3.05) is 5.73 Å².